The van der Waals surface area contributed by atoms with Gasteiger partial charge in [0.05, 0.1) is 0 Å². The van der Waals surface area contributed by atoms with Crippen LogP contribution in [0.4, 0.5) is 0 Å². The summed E-state index contributed by atoms with van der Waals surface area (Å²) in [5.74, 6) is -1.17. The number of benzene rings is 3. The highest BCUT2D eigenvalue weighted by atomic mass is 16.4. The van der Waals surface area contributed by atoms with Gasteiger partial charge in [0.2, 0.25) is 0 Å². The Labute approximate surface area is 150 Å². The monoisotopic (exact) mass is 341 g/mol. The number of para-hydroxylation sites is 1. The lowest BCUT2D eigenvalue weighted by atomic mass is 9.90. The lowest BCUT2D eigenvalue weighted by molar-refractivity contribution is 0.0692. The Morgan fingerprint density at radius 3 is 1.88 bits per heavy atom. The third kappa shape index (κ3) is 2.58. The Morgan fingerprint density at radius 1 is 0.731 bits per heavy atom. The molecule has 0 atom stereocenters. The van der Waals surface area contributed by atoms with Crippen molar-refractivity contribution < 1.29 is 15.0 Å². The van der Waals surface area contributed by atoms with Crippen LogP contribution in [-0.4, -0.2) is 21.2 Å². The van der Waals surface area contributed by atoms with E-state index in [2.05, 4.69) is 4.98 Å². The smallest absolute Gasteiger partial charge is 0.355 e. The number of phenolic OH excluding ortho intramolecular Hbond substituents is 1. The van der Waals surface area contributed by atoms with Crippen LogP contribution in [0.1, 0.15) is 10.5 Å². The molecule has 0 saturated carbocycles. The molecule has 3 aromatic carbocycles. The van der Waals surface area contributed by atoms with E-state index in [0.29, 0.717) is 10.9 Å². The molecule has 0 fully saturated rings. The molecule has 4 aromatic rings. The fourth-order valence-electron chi connectivity index (χ4n) is 3.22. The second-order valence-electron chi connectivity index (χ2n) is 5.92. The van der Waals surface area contributed by atoms with Crippen LogP contribution in [0.3, 0.4) is 0 Å². The molecule has 2 N–H and O–H groups in total. The number of phenols is 1. The van der Waals surface area contributed by atoms with Gasteiger partial charge in [-0.2, -0.15) is 0 Å². The molecule has 4 heteroatoms. The average molecular weight is 341 g/mol. The molecular formula is C22H15NO3. The summed E-state index contributed by atoms with van der Waals surface area (Å²) in [5, 5.41) is 20.8. The lowest BCUT2D eigenvalue weighted by Gasteiger charge is -2.16. The van der Waals surface area contributed by atoms with Gasteiger partial charge in [0.1, 0.15) is 11.3 Å². The van der Waals surface area contributed by atoms with Gasteiger partial charge in [0, 0.05) is 16.5 Å². The van der Waals surface area contributed by atoms with Gasteiger partial charge >= 0.3 is 5.97 Å². The normalized spacial score (nSPS) is 10.8. The third-order valence-corrected chi connectivity index (χ3v) is 4.32. The maximum atomic E-state index is 12.0. The molecule has 0 saturated heterocycles. The predicted octanol–water partition coefficient (Wildman–Crippen LogP) is 4.97. The van der Waals surface area contributed by atoms with E-state index in [4.69, 9.17) is 0 Å². The van der Waals surface area contributed by atoms with Crippen LogP contribution in [0.25, 0.3) is 33.2 Å². The van der Waals surface area contributed by atoms with E-state index in [1.807, 2.05) is 66.7 Å². The van der Waals surface area contributed by atoms with E-state index in [-0.39, 0.29) is 17.0 Å². The number of carboxylic acids is 1. The first-order valence-electron chi connectivity index (χ1n) is 8.16. The molecule has 1 aromatic heterocycles. The lowest BCUT2D eigenvalue weighted by Crippen LogP contribution is -2.06. The van der Waals surface area contributed by atoms with Crippen LogP contribution < -0.4 is 0 Å². The van der Waals surface area contributed by atoms with Gasteiger partial charge in [0.25, 0.3) is 0 Å². The first-order valence-corrected chi connectivity index (χ1v) is 8.16. The number of aromatic carboxylic acids is 1. The average Bonchev–Trinajstić information content (AvgIpc) is 2.68. The molecule has 1 heterocycles. The van der Waals surface area contributed by atoms with Crippen LogP contribution in [0, 0.1) is 0 Å². The summed E-state index contributed by atoms with van der Waals surface area (Å²) in [6, 6.07) is 24.0. The van der Waals surface area contributed by atoms with Gasteiger partial charge in [-0.25, -0.2) is 9.78 Å². The quantitative estimate of drug-likeness (QED) is 0.552. The molecule has 126 valence electrons. The molecule has 26 heavy (non-hydrogen) atoms. The third-order valence-electron chi connectivity index (χ3n) is 4.32. The van der Waals surface area contributed by atoms with Crippen LogP contribution in [-0.2, 0) is 0 Å². The minimum Gasteiger partial charge on any atom is -0.506 e. The molecular weight excluding hydrogens is 326 g/mol. The molecule has 0 aliphatic heterocycles. The minimum absolute atomic E-state index is 0.0400. The maximum Gasteiger partial charge on any atom is 0.355 e. The van der Waals surface area contributed by atoms with Crippen molar-refractivity contribution in [3.8, 4) is 28.0 Å². The Hall–Kier alpha value is -3.66. The number of nitrogens with zero attached hydrogens (tertiary/aromatic N) is 1. The number of carbonyl (C=O) groups is 1. The molecule has 0 bridgehead atoms. The Morgan fingerprint density at radius 2 is 1.31 bits per heavy atom. The van der Waals surface area contributed by atoms with Crippen molar-refractivity contribution in [3.63, 3.8) is 0 Å². The predicted molar refractivity (Wildman–Crippen MR) is 101 cm³/mol. The van der Waals surface area contributed by atoms with E-state index in [1.165, 1.54) is 6.07 Å². The van der Waals surface area contributed by atoms with Crippen molar-refractivity contribution in [3.05, 3.63) is 84.6 Å². The molecule has 0 spiro atoms. The summed E-state index contributed by atoms with van der Waals surface area (Å²) < 4.78 is 0. The molecule has 0 unspecified atom stereocenters. The van der Waals surface area contributed by atoms with Crippen molar-refractivity contribution in [2.24, 2.45) is 0 Å². The van der Waals surface area contributed by atoms with Crippen molar-refractivity contribution in [2.75, 3.05) is 0 Å². The highest BCUT2D eigenvalue weighted by Gasteiger charge is 2.23. The van der Waals surface area contributed by atoms with Crippen LogP contribution in [0.5, 0.6) is 5.75 Å². The number of aromatic hydroxyl groups is 1. The second kappa shape index (κ2) is 6.33. The van der Waals surface area contributed by atoms with Crippen LogP contribution in [0.15, 0.2) is 78.9 Å². The summed E-state index contributed by atoms with van der Waals surface area (Å²) >= 11 is 0. The maximum absolute atomic E-state index is 12.0. The van der Waals surface area contributed by atoms with E-state index in [0.717, 1.165) is 16.7 Å². The van der Waals surface area contributed by atoms with E-state index in [1.54, 1.807) is 6.07 Å². The first-order chi connectivity index (χ1) is 12.7. The van der Waals surface area contributed by atoms with E-state index >= 15 is 0 Å². The highest BCUT2D eigenvalue weighted by molar-refractivity contribution is 6.10. The van der Waals surface area contributed by atoms with Crippen molar-refractivity contribution in [2.45, 2.75) is 0 Å². The molecule has 4 nitrogen and oxygen atoms in total. The Bertz CT molecular complexity index is 1110. The summed E-state index contributed by atoms with van der Waals surface area (Å²) in [5.41, 5.74) is 3.12. The second-order valence-corrected chi connectivity index (χ2v) is 5.92. The van der Waals surface area contributed by atoms with E-state index < -0.39 is 5.97 Å². The zero-order valence-electron chi connectivity index (χ0n) is 13.8. The molecule has 4 rings (SSSR count). The summed E-state index contributed by atoms with van der Waals surface area (Å²) in [6.45, 7) is 0. The Kier molecular flexibility index (Phi) is 3.86. The first kappa shape index (κ1) is 15.8. The summed E-state index contributed by atoms with van der Waals surface area (Å²) in [6.07, 6.45) is 0. The van der Waals surface area contributed by atoms with Gasteiger partial charge in [-0.05, 0) is 17.2 Å². The number of hydrogen-bond donors (Lipinski definition) is 2. The number of rotatable bonds is 3. The van der Waals surface area contributed by atoms with E-state index in [9.17, 15) is 15.0 Å². The Balaban J connectivity index is 2.23. The number of carboxylic acid groups (broad SMARTS) is 1. The SMILES string of the molecule is O=C(O)c1nc2c(O)cccc2c(-c2ccccc2)c1-c1ccccc1. The fraction of sp³-hybridized carbons (Fsp3) is 0. The van der Waals surface area contributed by atoms with Gasteiger partial charge in [-0.15, -0.1) is 0 Å². The topological polar surface area (TPSA) is 70.4 Å². The van der Waals surface area contributed by atoms with Gasteiger partial charge in [-0.3, -0.25) is 0 Å². The molecule has 0 aliphatic rings. The van der Waals surface area contributed by atoms with Crippen LogP contribution >= 0.6 is 0 Å². The minimum atomic E-state index is -1.13. The number of fused-ring (bicyclic) bond motifs is 1. The summed E-state index contributed by atoms with van der Waals surface area (Å²) in [4.78, 5) is 16.3. The van der Waals surface area contributed by atoms with Gasteiger partial charge in [-0.1, -0.05) is 72.8 Å². The standard InChI is InChI=1S/C22H15NO3/c24-17-13-7-12-16-18(14-8-3-1-4-9-14)19(15-10-5-2-6-11-15)21(22(25)26)23-20(16)17/h1-13,24H,(H,25,26). The van der Waals surface area contributed by atoms with Crippen molar-refractivity contribution in [1.29, 1.82) is 0 Å². The summed E-state index contributed by atoms with van der Waals surface area (Å²) in [7, 11) is 0. The van der Waals surface area contributed by atoms with Gasteiger partial charge < -0.3 is 10.2 Å². The molecule has 0 radical (unpaired) electrons. The fourth-order valence-corrected chi connectivity index (χ4v) is 3.22. The highest BCUT2D eigenvalue weighted by Crippen LogP contribution is 2.41. The zero-order valence-corrected chi connectivity index (χ0v) is 13.8. The van der Waals surface area contributed by atoms with Crippen molar-refractivity contribution in [1.82, 2.24) is 4.98 Å². The molecule has 0 aliphatic carbocycles. The largest absolute Gasteiger partial charge is 0.506 e. The molecule has 0 amide bonds. The zero-order chi connectivity index (χ0) is 18.1. The van der Waals surface area contributed by atoms with Crippen molar-refractivity contribution >= 4 is 16.9 Å². The number of pyridine rings is 1. The number of aromatic nitrogens is 1. The number of hydrogen-bond acceptors (Lipinski definition) is 3. The van der Waals surface area contributed by atoms with Gasteiger partial charge in [0.15, 0.2) is 5.69 Å². The van der Waals surface area contributed by atoms with Crippen LogP contribution in [0.2, 0.25) is 0 Å².